The monoisotopic (exact) mass is 248 g/mol. The molecule has 0 spiro atoms. The minimum Gasteiger partial charge on any atom is -0.507 e. The maximum Gasteiger partial charge on any atom is 0.237 e. The lowest BCUT2D eigenvalue weighted by atomic mass is 9.89. The average Bonchev–Trinajstić information content (AvgIpc) is 2.34. The van der Waals surface area contributed by atoms with Gasteiger partial charge in [0.2, 0.25) is 11.6 Å². The minimum absolute atomic E-state index is 0.0550. The topological polar surface area (TPSA) is 72.8 Å². The van der Waals surface area contributed by atoms with Crippen molar-refractivity contribution in [3.8, 4) is 11.5 Å². The van der Waals surface area contributed by atoms with Gasteiger partial charge in [-0.25, -0.2) is 0 Å². The second-order valence-corrected chi connectivity index (χ2v) is 3.90. The van der Waals surface area contributed by atoms with E-state index < -0.39 is 11.6 Å². The number of allylic oxidation sites excluding steroid dienone is 1. The van der Waals surface area contributed by atoms with Crippen LogP contribution in [-0.2, 0) is 4.79 Å². The molecule has 94 valence electrons. The van der Waals surface area contributed by atoms with Crippen molar-refractivity contribution in [3.05, 3.63) is 28.8 Å². The van der Waals surface area contributed by atoms with E-state index in [2.05, 4.69) is 0 Å². The van der Waals surface area contributed by atoms with Gasteiger partial charge in [-0.15, -0.1) is 0 Å². The molecule has 0 radical (unpaired) electrons. The first-order valence-corrected chi connectivity index (χ1v) is 5.26. The van der Waals surface area contributed by atoms with Gasteiger partial charge in [0.1, 0.15) is 5.76 Å². The summed E-state index contributed by atoms with van der Waals surface area (Å²) in [6, 6.07) is 1.64. The SMILES string of the molecule is COc1cc(C)c2c(c1OC)C(=O)C(=O)C=C2O. The number of Topliss-reactive ketones (excluding diaryl/α,β-unsaturated/α-hetero) is 1. The summed E-state index contributed by atoms with van der Waals surface area (Å²) in [7, 11) is 2.81. The molecule has 1 aromatic rings. The molecule has 0 atom stereocenters. The predicted molar refractivity (Wildman–Crippen MR) is 64.2 cm³/mol. The molecule has 0 fully saturated rings. The van der Waals surface area contributed by atoms with E-state index in [4.69, 9.17) is 9.47 Å². The zero-order valence-corrected chi connectivity index (χ0v) is 10.2. The minimum atomic E-state index is -0.772. The van der Waals surface area contributed by atoms with E-state index in [1.54, 1.807) is 13.0 Å². The highest BCUT2D eigenvalue weighted by molar-refractivity contribution is 6.51. The lowest BCUT2D eigenvalue weighted by Crippen LogP contribution is -2.21. The Labute approximate surface area is 104 Å². The molecule has 1 aliphatic rings. The van der Waals surface area contributed by atoms with Gasteiger partial charge in [-0.05, 0) is 18.6 Å². The van der Waals surface area contributed by atoms with Crippen LogP contribution in [0.3, 0.4) is 0 Å². The molecule has 1 aromatic carbocycles. The summed E-state index contributed by atoms with van der Waals surface area (Å²) < 4.78 is 10.2. The third kappa shape index (κ3) is 1.55. The van der Waals surface area contributed by atoms with Crippen molar-refractivity contribution in [1.29, 1.82) is 0 Å². The Morgan fingerprint density at radius 3 is 2.33 bits per heavy atom. The molecule has 0 saturated heterocycles. The Balaban J connectivity index is 2.87. The number of benzene rings is 1. The number of carbonyl (C=O) groups is 2. The number of ether oxygens (including phenoxy) is 2. The van der Waals surface area contributed by atoms with Crippen molar-refractivity contribution >= 4 is 17.3 Å². The molecule has 5 nitrogen and oxygen atoms in total. The number of aryl methyl sites for hydroxylation is 1. The van der Waals surface area contributed by atoms with Crippen molar-refractivity contribution in [1.82, 2.24) is 0 Å². The molecule has 0 heterocycles. The molecule has 18 heavy (non-hydrogen) atoms. The van der Waals surface area contributed by atoms with Gasteiger partial charge in [-0.1, -0.05) is 0 Å². The van der Waals surface area contributed by atoms with Crippen LogP contribution in [-0.4, -0.2) is 30.9 Å². The summed E-state index contributed by atoms with van der Waals surface area (Å²) in [6.07, 6.45) is 0.920. The van der Waals surface area contributed by atoms with Crippen LogP contribution >= 0.6 is 0 Å². The number of fused-ring (bicyclic) bond motifs is 1. The Morgan fingerprint density at radius 1 is 1.11 bits per heavy atom. The molecule has 0 aromatic heterocycles. The normalized spacial score (nSPS) is 14.1. The van der Waals surface area contributed by atoms with Crippen molar-refractivity contribution < 1.29 is 24.2 Å². The van der Waals surface area contributed by atoms with Gasteiger partial charge in [0.05, 0.1) is 19.8 Å². The van der Waals surface area contributed by atoms with Crippen LogP contribution in [0.25, 0.3) is 5.76 Å². The molecule has 0 bridgehead atoms. The third-order valence-corrected chi connectivity index (χ3v) is 2.84. The van der Waals surface area contributed by atoms with E-state index in [-0.39, 0.29) is 17.1 Å². The predicted octanol–water partition coefficient (Wildman–Crippen LogP) is 1.68. The van der Waals surface area contributed by atoms with Gasteiger partial charge >= 0.3 is 0 Å². The first-order valence-electron chi connectivity index (χ1n) is 5.26. The number of methoxy groups -OCH3 is 2. The van der Waals surface area contributed by atoms with Gasteiger partial charge in [-0.3, -0.25) is 9.59 Å². The summed E-state index contributed by atoms with van der Waals surface area (Å²) >= 11 is 0. The molecule has 1 aliphatic carbocycles. The molecule has 0 amide bonds. The number of aliphatic hydroxyl groups is 1. The highest BCUT2D eigenvalue weighted by Gasteiger charge is 2.32. The van der Waals surface area contributed by atoms with Crippen molar-refractivity contribution in [3.63, 3.8) is 0 Å². The fourth-order valence-corrected chi connectivity index (χ4v) is 2.05. The number of ketones is 2. The van der Waals surface area contributed by atoms with E-state index in [1.807, 2.05) is 0 Å². The number of aliphatic hydroxyl groups excluding tert-OH is 1. The highest BCUT2D eigenvalue weighted by Crippen LogP contribution is 2.40. The van der Waals surface area contributed by atoms with Crippen LogP contribution < -0.4 is 9.47 Å². The second-order valence-electron chi connectivity index (χ2n) is 3.90. The molecule has 0 unspecified atom stereocenters. The Kier molecular flexibility index (Phi) is 2.82. The first-order chi connectivity index (χ1) is 8.51. The van der Waals surface area contributed by atoms with Crippen LogP contribution in [0.15, 0.2) is 12.1 Å². The summed E-state index contributed by atoms with van der Waals surface area (Å²) in [6.45, 7) is 1.72. The zero-order valence-electron chi connectivity index (χ0n) is 10.2. The number of rotatable bonds is 2. The smallest absolute Gasteiger partial charge is 0.237 e. The fourth-order valence-electron chi connectivity index (χ4n) is 2.05. The molecule has 0 aliphatic heterocycles. The van der Waals surface area contributed by atoms with E-state index in [9.17, 15) is 14.7 Å². The maximum absolute atomic E-state index is 11.9. The van der Waals surface area contributed by atoms with Gasteiger partial charge in [-0.2, -0.15) is 0 Å². The second kappa shape index (κ2) is 4.18. The van der Waals surface area contributed by atoms with Gasteiger partial charge < -0.3 is 14.6 Å². The quantitative estimate of drug-likeness (QED) is 0.806. The number of hydrogen-bond donors (Lipinski definition) is 1. The summed E-state index contributed by atoms with van der Waals surface area (Å²) in [5.41, 5.74) is 1.01. The Hall–Kier alpha value is -2.30. The van der Waals surface area contributed by atoms with E-state index in [0.29, 0.717) is 16.9 Å². The standard InChI is InChI=1S/C13H12O5/c1-6-4-9(17-2)13(18-3)11-10(6)7(14)5-8(15)12(11)16/h4-5,14H,1-3H3. The van der Waals surface area contributed by atoms with Crippen LogP contribution in [0.1, 0.15) is 21.5 Å². The molecule has 5 heteroatoms. The van der Waals surface area contributed by atoms with E-state index in [0.717, 1.165) is 6.08 Å². The van der Waals surface area contributed by atoms with Gasteiger partial charge in [0, 0.05) is 11.6 Å². The average molecular weight is 248 g/mol. The Morgan fingerprint density at radius 2 is 1.78 bits per heavy atom. The summed E-state index contributed by atoms with van der Waals surface area (Å²) in [5, 5.41) is 9.81. The van der Waals surface area contributed by atoms with Crippen LogP contribution in [0.5, 0.6) is 11.5 Å². The zero-order chi connectivity index (χ0) is 13.4. The van der Waals surface area contributed by atoms with Crippen LogP contribution in [0.2, 0.25) is 0 Å². The Bertz CT molecular complexity index is 584. The first kappa shape index (κ1) is 12.2. The van der Waals surface area contributed by atoms with E-state index >= 15 is 0 Å². The highest BCUT2D eigenvalue weighted by atomic mass is 16.5. The van der Waals surface area contributed by atoms with Crippen molar-refractivity contribution in [2.24, 2.45) is 0 Å². The largest absolute Gasteiger partial charge is 0.507 e. The van der Waals surface area contributed by atoms with Crippen LogP contribution in [0, 0.1) is 6.92 Å². The third-order valence-electron chi connectivity index (χ3n) is 2.84. The lowest BCUT2D eigenvalue weighted by molar-refractivity contribution is -0.111. The van der Waals surface area contributed by atoms with Gasteiger partial charge in [0.15, 0.2) is 11.5 Å². The number of carbonyl (C=O) groups excluding carboxylic acids is 2. The maximum atomic E-state index is 11.9. The summed E-state index contributed by atoms with van der Waals surface area (Å²) in [4.78, 5) is 23.4. The summed E-state index contributed by atoms with van der Waals surface area (Å²) in [5.74, 6) is -1.19. The van der Waals surface area contributed by atoms with Gasteiger partial charge in [0.25, 0.3) is 0 Å². The van der Waals surface area contributed by atoms with Crippen LogP contribution in [0.4, 0.5) is 0 Å². The molecular weight excluding hydrogens is 236 g/mol. The van der Waals surface area contributed by atoms with Crippen molar-refractivity contribution in [2.45, 2.75) is 6.92 Å². The molecule has 0 saturated carbocycles. The molecule has 1 N–H and O–H groups in total. The molecule has 2 rings (SSSR count). The van der Waals surface area contributed by atoms with E-state index in [1.165, 1.54) is 14.2 Å². The number of hydrogen-bond acceptors (Lipinski definition) is 5. The molecular formula is C13H12O5. The van der Waals surface area contributed by atoms with Crippen molar-refractivity contribution in [2.75, 3.05) is 14.2 Å². The lowest BCUT2D eigenvalue weighted by Gasteiger charge is -2.19. The fraction of sp³-hybridized carbons (Fsp3) is 0.231.